The molecule has 0 amide bonds. The minimum atomic E-state index is -3.67. The number of hydrogen-bond acceptors (Lipinski definition) is 4. The molecule has 0 aromatic carbocycles. The molecule has 120 valence electrons. The molecule has 1 aromatic rings. The van der Waals surface area contributed by atoms with Gasteiger partial charge in [0.25, 0.3) is 0 Å². The van der Waals surface area contributed by atoms with Crippen LogP contribution in [0.4, 0.5) is 0 Å². The summed E-state index contributed by atoms with van der Waals surface area (Å²) in [5.74, 6) is -1.74. The molecule has 1 atom stereocenters. The van der Waals surface area contributed by atoms with Gasteiger partial charge in [0.15, 0.2) is 0 Å². The zero-order chi connectivity index (χ0) is 16.4. The predicted octanol–water partition coefficient (Wildman–Crippen LogP) is 3.23. The first-order valence-corrected chi connectivity index (χ1v) is 9.50. The number of carboxylic acid groups (broad SMARTS) is 1. The van der Waals surface area contributed by atoms with E-state index in [-0.39, 0.29) is 16.2 Å². The third-order valence-electron chi connectivity index (χ3n) is 2.83. The summed E-state index contributed by atoms with van der Waals surface area (Å²) in [5, 5.41) is 9.21. The lowest BCUT2D eigenvalue weighted by Gasteiger charge is -2.23. The van der Waals surface area contributed by atoms with E-state index in [2.05, 4.69) is 20.7 Å². The van der Waals surface area contributed by atoms with Crippen LogP contribution in [-0.4, -0.2) is 26.0 Å². The topological polar surface area (TPSA) is 83.5 Å². The summed E-state index contributed by atoms with van der Waals surface area (Å²) < 4.78 is 27.7. The van der Waals surface area contributed by atoms with Crippen molar-refractivity contribution in [2.45, 2.75) is 38.3 Å². The lowest BCUT2D eigenvalue weighted by molar-refractivity contribution is -0.142. The fourth-order valence-electron chi connectivity index (χ4n) is 1.83. The first kappa shape index (κ1) is 18.6. The summed E-state index contributed by atoms with van der Waals surface area (Å²) in [6.45, 7) is 7.48. The molecule has 0 spiro atoms. The number of carboxylic acids is 1. The Kier molecular flexibility index (Phi) is 5.99. The van der Waals surface area contributed by atoms with Gasteiger partial charge in [0.1, 0.15) is 4.21 Å². The molecular weight excluding hydrogens is 378 g/mol. The van der Waals surface area contributed by atoms with Crippen molar-refractivity contribution in [3.8, 4) is 0 Å². The molecule has 1 heterocycles. The van der Waals surface area contributed by atoms with E-state index in [0.29, 0.717) is 6.42 Å². The summed E-state index contributed by atoms with van der Waals surface area (Å²) in [7, 11) is -3.67. The molecule has 1 aromatic heterocycles. The average Bonchev–Trinajstić information content (AvgIpc) is 2.64. The van der Waals surface area contributed by atoms with Crippen molar-refractivity contribution in [3.63, 3.8) is 0 Å². The average molecular weight is 398 g/mol. The summed E-state index contributed by atoms with van der Waals surface area (Å²) in [4.78, 5) is 11.2. The van der Waals surface area contributed by atoms with Crippen LogP contribution in [0.3, 0.4) is 0 Å². The van der Waals surface area contributed by atoms with Gasteiger partial charge in [0, 0.05) is 6.54 Å². The van der Waals surface area contributed by atoms with Crippen LogP contribution in [0.1, 0.15) is 32.8 Å². The SMILES string of the molecule is Cc1cc(S(=O)(=O)NCC(CC(C)(C)C)C(=O)O)sc1Br. The summed E-state index contributed by atoms with van der Waals surface area (Å²) in [5.41, 5.74) is 0.654. The Balaban J connectivity index is 2.81. The molecule has 0 saturated heterocycles. The highest BCUT2D eigenvalue weighted by Gasteiger charge is 2.27. The molecule has 0 aliphatic heterocycles. The number of rotatable bonds is 6. The molecule has 0 aliphatic carbocycles. The molecule has 1 rings (SSSR count). The smallest absolute Gasteiger partial charge is 0.307 e. The van der Waals surface area contributed by atoms with Gasteiger partial charge in [-0.25, -0.2) is 13.1 Å². The number of halogens is 1. The monoisotopic (exact) mass is 397 g/mol. The first-order chi connectivity index (χ1) is 9.42. The van der Waals surface area contributed by atoms with Gasteiger partial charge in [-0.05, 0) is 46.3 Å². The van der Waals surface area contributed by atoms with Gasteiger partial charge >= 0.3 is 5.97 Å². The number of aryl methyl sites for hydroxylation is 1. The number of carbonyl (C=O) groups is 1. The molecule has 8 heteroatoms. The number of sulfonamides is 1. The van der Waals surface area contributed by atoms with Gasteiger partial charge < -0.3 is 5.11 Å². The highest BCUT2D eigenvalue weighted by molar-refractivity contribution is 9.11. The van der Waals surface area contributed by atoms with E-state index in [9.17, 15) is 18.3 Å². The molecule has 0 saturated carbocycles. The molecule has 0 fully saturated rings. The maximum atomic E-state index is 12.2. The van der Waals surface area contributed by atoms with Gasteiger partial charge in [0.05, 0.1) is 9.70 Å². The van der Waals surface area contributed by atoms with Gasteiger partial charge in [-0.1, -0.05) is 20.8 Å². The van der Waals surface area contributed by atoms with E-state index in [4.69, 9.17) is 0 Å². The molecule has 5 nitrogen and oxygen atoms in total. The van der Waals surface area contributed by atoms with Crippen LogP contribution >= 0.6 is 27.3 Å². The van der Waals surface area contributed by atoms with Crippen molar-refractivity contribution < 1.29 is 18.3 Å². The van der Waals surface area contributed by atoms with Crippen LogP contribution in [0.5, 0.6) is 0 Å². The van der Waals surface area contributed by atoms with Gasteiger partial charge in [0.2, 0.25) is 10.0 Å². The van der Waals surface area contributed by atoms with Gasteiger partial charge in [-0.3, -0.25) is 4.79 Å². The summed E-state index contributed by atoms with van der Waals surface area (Å²) >= 11 is 4.40. The zero-order valence-electron chi connectivity index (χ0n) is 12.4. The van der Waals surface area contributed by atoms with E-state index in [1.807, 2.05) is 20.8 Å². The maximum Gasteiger partial charge on any atom is 0.307 e. The van der Waals surface area contributed by atoms with Crippen molar-refractivity contribution in [1.29, 1.82) is 0 Å². The first-order valence-electron chi connectivity index (χ1n) is 6.41. The van der Waals surface area contributed by atoms with E-state index in [0.717, 1.165) is 20.7 Å². The lowest BCUT2D eigenvalue weighted by Crippen LogP contribution is -2.34. The quantitative estimate of drug-likeness (QED) is 0.771. The van der Waals surface area contributed by atoms with Gasteiger partial charge in [-0.2, -0.15) is 0 Å². The minimum Gasteiger partial charge on any atom is -0.481 e. The molecule has 1 unspecified atom stereocenters. The maximum absolute atomic E-state index is 12.2. The molecule has 0 radical (unpaired) electrons. The standard InChI is InChI=1S/C13H20BrNO4S2/c1-8-5-10(20-11(8)14)21(18,19)15-7-9(12(16)17)6-13(2,3)4/h5,9,15H,6-7H2,1-4H3,(H,16,17). The number of nitrogens with one attached hydrogen (secondary N) is 1. The second-order valence-corrected chi connectivity index (χ2v) is 10.5. The number of aliphatic carboxylic acids is 1. The Morgan fingerprint density at radius 3 is 2.43 bits per heavy atom. The third-order valence-corrected chi connectivity index (χ3v) is 6.86. The second kappa shape index (κ2) is 6.76. The van der Waals surface area contributed by atoms with E-state index in [1.165, 1.54) is 0 Å². The van der Waals surface area contributed by atoms with Crippen LogP contribution in [0.2, 0.25) is 0 Å². The Bertz CT molecular complexity index is 597. The normalized spacial score (nSPS) is 14.1. The molecular formula is C13H20BrNO4S2. The van der Waals surface area contributed by atoms with Crippen LogP contribution in [0.15, 0.2) is 14.1 Å². The summed E-state index contributed by atoms with van der Waals surface area (Å²) in [6.07, 6.45) is 0.401. The van der Waals surface area contributed by atoms with Crippen molar-refractivity contribution in [2.75, 3.05) is 6.54 Å². The van der Waals surface area contributed by atoms with E-state index >= 15 is 0 Å². The van der Waals surface area contributed by atoms with Crippen molar-refractivity contribution >= 4 is 43.3 Å². The number of thiophene rings is 1. The van der Waals surface area contributed by atoms with Gasteiger partial charge in [-0.15, -0.1) is 11.3 Å². The Hall–Kier alpha value is -0.440. The molecule has 0 bridgehead atoms. The molecule has 21 heavy (non-hydrogen) atoms. The highest BCUT2D eigenvalue weighted by Crippen LogP contribution is 2.30. The molecule has 0 aliphatic rings. The summed E-state index contributed by atoms with van der Waals surface area (Å²) in [6, 6.07) is 1.57. The number of hydrogen-bond donors (Lipinski definition) is 2. The highest BCUT2D eigenvalue weighted by atomic mass is 79.9. The molecule has 2 N–H and O–H groups in total. The largest absolute Gasteiger partial charge is 0.481 e. The second-order valence-electron chi connectivity index (χ2n) is 6.17. The van der Waals surface area contributed by atoms with Crippen molar-refractivity contribution in [2.24, 2.45) is 11.3 Å². The fraction of sp³-hybridized carbons (Fsp3) is 0.615. The van der Waals surface area contributed by atoms with Crippen molar-refractivity contribution in [1.82, 2.24) is 4.72 Å². The van der Waals surface area contributed by atoms with Crippen LogP contribution in [-0.2, 0) is 14.8 Å². The Labute approximate surface area is 137 Å². The van der Waals surface area contributed by atoms with E-state index in [1.54, 1.807) is 13.0 Å². The van der Waals surface area contributed by atoms with Crippen LogP contribution < -0.4 is 4.72 Å². The minimum absolute atomic E-state index is 0.108. The van der Waals surface area contributed by atoms with Crippen LogP contribution in [0.25, 0.3) is 0 Å². The zero-order valence-corrected chi connectivity index (χ0v) is 15.7. The third kappa shape index (κ3) is 5.69. The van der Waals surface area contributed by atoms with Crippen molar-refractivity contribution in [3.05, 3.63) is 15.4 Å². The van der Waals surface area contributed by atoms with Crippen LogP contribution in [0, 0.1) is 18.3 Å². The van der Waals surface area contributed by atoms with E-state index < -0.39 is 21.9 Å². The predicted molar refractivity (Wildman–Crippen MR) is 87.1 cm³/mol. The Morgan fingerprint density at radius 2 is 2.05 bits per heavy atom. The lowest BCUT2D eigenvalue weighted by atomic mass is 9.85. The Morgan fingerprint density at radius 1 is 1.48 bits per heavy atom. The fourth-order valence-corrected chi connectivity index (χ4v) is 5.18.